The van der Waals surface area contributed by atoms with Gasteiger partial charge in [-0.15, -0.1) is 0 Å². The van der Waals surface area contributed by atoms with Crippen LogP contribution in [0.5, 0.6) is 0 Å². The molecule has 5 nitrogen and oxygen atoms in total. The normalized spacial score (nSPS) is 17.3. The molecule has 104 valence electrons. The highest BCUT2D eigenvalue weighted by Gasteiger charge is 2.16. The average Bonchev–Trinajstić information content (AvgIpc) is 2.83. The van der Waals surface area contributed by atoms with Gasteiger partial charge in [-0.2, -0.15) is 0 Å². The third-order valence-electron chi connectivity index (χ3n) is 3.44. The van der Waals surface area contributed by atoms with Crippen molar-refractivity contribution in [1.29, 1.82) is 0 Å². The number of primary amides is 1. The Morgan fingerprint density at radius 2 is 2.11 bits per heavy atom. The quantitative estimate of drug-likeness (QED) is 0.698. The second-order valence-electron chi connectivity index (χ2n) is 5.22. The van der Waals surface area contributed by atoms with E-state index in [1.165, 1.54) is 12.8 Å². The first-order chi connectivity index (χ1) is 9.06. The van der Waals surface area contributed by atoms with E-state index >= 15 is 0 Å². The number of hydrogen-bond acceptors (Lipinski definition) is 4. The lowest BCUT2D eigenvalue weighted by molar-refractivity contribution is 0.100. The number of carbonyl (C=O) groups excluding carboxylic acids is 1. The molecule has 1 heterocycles. The van der Waals surface area contributed by atoms with Crippen LogP contribution in [0.15, 0.2) is 18.2 Å². The van der Waals surface area contributed by atoms with E-state index in [9.17, 15) is 4.79 Å². The van der Waals surface area contributed by atoms with Gasteiger partial charge in [0.25, 0.3) is 5.91 Å². The van der Waals surface area contributed by atoms with Gasteiger partial charge in [-0.3, -0.25) is 4.79 Å². The number of rotatable bonds is 5. The molecule has 1 amide bonds. The van der Waals surface area contributed by atoms with E-state index in [0.29, 0.717) is 11.3 Å². The molecular weight excluding hydrogens is 240 g/mol. The molecule has 0 bridgehead atoms. The summed E-state index contributed by atoms with van der Waals surface area (Å²) in [5, 5.41) is 3.35. The predicted octanol–water partition coefficient (Wildman–Crippen LogP) is 1.26. The molecule has 2 rings (SSSR count). The monoisotopic (exact) mass is 262 g/mol. The van der Waals surface area contributed by atoms with Gasteiger partial charge in [-0.1, -0.05) is 0 Å². The van der Waals surface area contributed by atoms with Gasteiger partial charge in [-0.25, -0.2) is 0 Å². The number of benzene rings is 1. The van der Waals surface area contributed by atoms with Crippen LogP contribution in [0.3, 0.4) is 0 Å². The van der Waals surface area contributed by atoms with Gasteiger partial charge in [0.1, 0.15) is 0 Å². The first kappa shape index (κ1) is 13.7. The van der Waals surface area contributed by atoms with Crippen molar-refractivity contribution in [2.75, 3.05) is 30.7 Å². The molecule has 5 heteroatoms. The maximum Gasteiger partial charge on any atom is 0.250 e. The van der Waals surface area contributed by atoms with Gasteiger partial charge in [0, 0.05) is 24.0 Å². The fourth-order valence-corrected chi connectivity index (χ4v) is 2.56. The molecule has 19 heavy (non-hydrogen) atoms. The summed E-state index contributed by atoms with van der Waals surface area (Å²) in [6.45, 7) is 5.41. The van der Waals surface area contributed by atoms with Crippen LogP contribution in [0.1, 0.15) is 30.1 Å². The van der Waals surface area contributed by atoms with Gasteiger partial charge < -0.3 is 21.7 Å². The maximum atomic E-state index is 11.4. The zero-order valence-electron chi connectivity index (χ0n) is 11.4. The molecule has 1 aliphatic heterocycles. The van der Waals surface area contributed by atoms with Crippen molar-refractivity contribution in [1.82, 2.24) is 4.90 Å². The van der Waals surface area contributed by atoms with Crippen molar-refractivity contribution in [3.8, 4) is 0 Å². The number of anilines is 2. The molecule has 0 radical (unpaired) electrons. The van der Waals surface area contributed by atoms with E-state index in [4.69, 9.17) is 11.5 Å². The molecule has 1 fully saturated rings. The second kappa shape index (κ2) is 5.93. The lowest BCUT2D eigenvalue weighted by Crippen LogP contribution is -2.33. The van der Waals surface area contributed by atoms with Crippen LogP contribution in [0.2, 0.25) is 0 Å². The summed E-state index contributed by atoms with van der Waals surface area (Å²) >= 11 is 0. The number of nitrogen functional groups attached to an aromatic ring is 1. The van der Waals surface area contributed by atoms with Crippen LogP contribution in [-0.4, -0.2) is 36.5 Å². The van der Waals surface area contributed by atoms with Crippen LogP contribution in [0, 0.1) is 0 Å². The molecule has 0 aliphatic carbocycles. The predicted molar refractivity (Wildman–Crippen MR) is 78.1 cm³/mol. The van der Waals surface area contributed by atoms with Crippen molar-refractivity contribution in [3.05, 3.63) is 23.8 Å². The summed E-state index contributed by atoms with van der Waals surface area (Å²) in [6, 6.07) is 5.47. The maximum absolute atomic E-state index is 11.4. The molecule has 1 atom stereocenters. The highest BCUT2D eigenvalue weighted by Crippen LogP contribution is 2.20. The minimum atomic E-state index is -0.455. The number of nitrogens with two attached hydrogens (primary N) is 2. The molecule has 1 aromatic carbocycles. The summed E-state index contributed by atoms with van der Waals surface area (Å²) in [4.78, 5) is 13.8. The van der Waals surface area contributed by atoms with Crippen molar-refractivity contribution in [2.45, 2.75) is 25.8 Å². The molecular formula is C14H22N4O. The van der Waals surface area contributed by atoms with E-state index in [2.05, 4.69) is 17.1 Å². The first-order valence-electron chi connectivity index (χ1n) is 6.74. The molecule has 1 saturated heterocycles. The Morgan fingerprint density at radius 3 is 2.74 bits per heavy atom. The Balaban J connectivity index is 2.03. The van der Waals surface area contributed by atoms with Crippen LogP contribution < -0.4 is 16.8 Å². The molecule has 1 aromatic rings. The summed E-state index contributed by atoms with van der Waals surface area (Å²) in [7, 11) is 0. The Morgan fingerprint density at radius 1 is 1.42 bits per heavy atom. The van der Waals surface area contributed by atoms with E-state index < -0.39 is 5.91 Å². The number of nitrogens with one attached hydrogen (secondary N) is 1. The molecule has 1 aliphatic rings. The first-order valence-corrected chi connectivity index (χ1v) is 6.74. The van der Waals surface area contributed by atoms with Crippen molar-refractivity contribution in [3.63, 3.8) is 0 Å². The van der Waals surface area contributed by atoms with E-state index in [-0.39, 0.29) is 6.04 Å². The molecule has 5 N–H and O–H groups in total. The van der Waals surface area contributed by atoms with Crippen molar-refractivity contribution >= 4 is 17.3 Å². The molecule has 1 unspecified atom stereocenters. The highest BCUT2D eigenvalue weighted by molar-refractivity contribution is 5.99. The average molecular weight is 262 g/mol. The van der Waals surface area contributed by atoms with Crippen LogP contribution in [-0.2, 0) is 0 Å². The highest BCUT2D eigenvalue weighted by atomic mass is 16.1. The SMILES string of the molecule is CC(CN1CCCC1)Nc1ccc(N)cc1C(N)=O. The standard InChI is InChI=1S/C14H22N4O/c1-10(9-18-6-2-3-7-18)17-13-5-4-11(15)8-12(13)14(16)19/h4-5,8,10,17H,2-3,6-7,9,15H2,1H3,(H2,16,19). The lowest BCUT2D eigenvalue weighted by Gasteiger charge is -2.23. The van der Waals surface area contributed by atoms with Gasteiger partial charge in [0.2, 0.25) is 0 Å². The van der Waals surface area contributed by atoms with Gasteiger partial charge in [0.05, 0.1) is 5.56 Å². The van der Waals surface area contributed by atoms with Gasteiger partial charge >= 0.3 is 0 Å². The van der Waals surface area contributed by atoms with E-state index in [1.807, 2.05) is 6.07 Å². The number of nitrogens with zero attached hydrogens (tertiary/aromatic N) is 1. The van der Waals surface area contributed by atoms with Crippen molar-refractivity contribution < 1.29 is 4.79 Å². The molecule has 0 spiro atoms. The van der Waals surface area contributed by atoms with Crippen LogP contribution in [0.4, 0.5) is 11.4 Å². The summed E-state index contributed by atoms with van der Waals surface area (Å²) in [6.07, 6.45) is 2.56. The number of hydrogen-bond donors (Lipinski definition) is 3. The zero-order valence-corrected chi connectivity index (χ0v) is 11.4. The fraction of sp³-hybridized carbons (Fsp3) is 0.500. The Kier molecular flexibility index (Phi) is 4.27. The van der Waals surface area contributed by atoms with Crippen LogP contribution >= 0.6 is 0 Å². The van der Waals surface area contributed by atoms with E-state index in [0.717, 1.165) is 25.3 Å². The van der Waals surface area contributed by atoms with Gasteiger partial charge in [0.15, 0.2) is 0 Å². The largest absolute Gasteiger partial charge is 0.399 e. The zero-order chi connectivity index (χ0) is 13.8. The smallest absolute Gasteiger partial charge is 0.250 e. The number of likely N-dealkylation sites (tertiary alicyclic amines) is 1. The van der Waals surface area contributed by atoms with E-state index in [1.54, 1.807) is 12.1 Å². The summed E-state index contributed by atoms with van der Waals surface area (Å²) in [5.41, 5.74) is 12.8. The van der Waals surface area contributed by atoms with Crippen molar-refractivity contribution in [2.24, 2.45) is 5.73 Å². The number of amides is 1. The third kappa shape index (κ3) is 3.61. The molecule has 0 saturated carbocycles. The Labute approximate surface area is 113 Å². The Hall–Kier alpha value is -1.75. The Bertz CT molecular complexity index is 455. The minimum absolute atomic E-state index is 0.264. The van der Waals surface area contributed by atoms with Gasteiger partial charge in [-0.05, 0) is 51.1 Å². The lowest BCUT2D eigenvalue weighted by atomic mass is 10.1. The van der Waals surface area contributed by atoms with Crippen LogP contribution in [0.25, 0.3) is 0 Å². The number of carbonyl (C=O) groups is 1. The fourth-order valence-electron chi connectivity index (χ4n) is 2.56. The topological polar surface area (TPSA) is 84.4 Å². The summed E-state index contributed by atoms with van der Waals surface area (Å²) in [5.74, 6) is -0.455. The second-order valence-corrected chi connectivity index (χ2v) is 5.22. The summed E-state index contributed by atoms with van der Waals surface area (Å²) < 4.78 is 0. The minimum Gasteiger partial charge on any atom is -0.399 e. The third-order valence-corrected chi connectivity index (χ3v) is 3.44. The molecule has 0 aromatic heterocycles.